The number of carbonyl (C=O) groups is 1. The fraction of sp³-hybridized carbons (Fsp3) is 0.625. The van der Waals surface area contributed by atoms with Crippen molar-refractivity contribution in [3.8, 4) is 0 Å². The maximum absolute atomic E-state index is 12.9. The fourth-order valence-electron chi connectivity index (χ4n) is 2.96. The maximum atomic E-state index is 12.9. The van der Waals surface area contributed by atoms with Gasteiger partial charge in [-0.25, -0.2) is 9.67 Å². The summed E-state index contributed by atoms with van der Waals surface area (Å²) in [6, 6.07) is 2.12. The molecule has 1 atom stereocenters. The third-order valence-electron chi connectivity index (χ3n) is 4.36. The fourth-order valence-corrected chi connectivity index (χ4v) is 2.96. The van der Waals surface area contributed by atoms with E-state index in [0.717, 1.165) is 25.1 Å². The van der Waals surface area contributed by atoms with E-state index >= 15 is 0 Å². The van der Waals surface area contributed by atoms with Crippen LogP contribution in [0, 0.1) is 0 Å². The molecule has 0 saturated carbocycles. The van der Waals surface area contributed by atoms with Gasteiger partial charge in [-0.2, -0.15) is 10.2 Å². The second-order valence-electron chi connectivity index (χ2n) is 7.21. The van der Waals surface area contributed by atoms with Gasteiger partial charge in [-0.1, -0.05) is 20.8 Å². The van der Waals surface area contributed by atoms with Gasteiger partial charge >= 0.3 is 0 Å². The van der Waals surface area contributed by atoms with Crippen molar-refractivity contribution in [3.63, 3.8) is 0 Å². The molecule has 7 nitrogen and oxygen atoms in total. The second-order valence-corrected chi connectivity index (χ2v) is 7.21. The van der Waals surface area contributed by atoms with Crippen molar-refractivity contribution in [1.82, 2.24) is 29.4 Å². The van der Waals surface area contributed by atoms with Gasteiger partial charge in [0, 0.05) is 25.6 Å². The van der Waals surface area contributed by atoms with Gasteiger partial charge in [-0.15, -0.1) is 0 Å². The molecule has 0 N–H and O–H groups in total. The highest BCUT2D eigenvalue weighted by atomic mass is 16.2. The van der Waals surface area contributed by atoms with Gasteiger partial charge in [-0.05, 0) is 18.9 Å². The first-order chi connectivity index (χ1) is 10.9. The summed E-state index contributed by atoms with van der Waals surface area (Å²) >= 11 is 0. The predicted octanol–water partition coefficient (Wildman–Crippen LogP) is 1.79. The molecule has 3 heterocycles. The molecule has 0 radical (unpaired) electrons. The molecule has 0 spiro atoms. The lowest BCUT2D eigenvalue weighted by Gasteiger charge is -2.32. The molecule has 1 unspecified atom stereocenters. The summed E-state index contributed by atoms with van der Waals surface area (Å²) in [5.74, 6) is 0.0420. The highest BCUT2D eigenvalue weighted by molar-refractivity contribution is 5.92. The summed E-state index contributed by atoms with van der Waals surface area (Å²) in [5.41, 5.74) is 1.52. The van der Waals surface area contributed by atoms with E-state index in [1.807, 2.05) is 22.7 Å². The van der Waals surface area contributed by atoms with E-state index < -0.39 is 0 Å². The lowest BCUT2D eigenvalue weighted by Crippen LogP contribution is -2.41. The number of likely N-dealkylation sites (tertiary alicyclic amines) is 1. The molecule has 2 aromatic heterocycles. The van der Waals surface area contributed by atoms with Crippen LogP contribution in [0.2, 0.25) is 0 Å². The zero-order chi connectivity index (χ0) is 16.6. The largest absolute Gasteiger partial charge is 0.335 e. The Balaban J connectivity index is 1.79. The Bertz CT molecular complexity index is 682. The van der Waals surface area contributed by atoms with Crippen molar-refractivity contribution in [2.45, 2.75) is 45.1 Å². The number of aromatic nitrogens is 5. The lowest BCUT2D eigenvalue weighted by atomic mass is 9.92. The monoisotopic (exact) mass is 316 g/mol. The summed E-state index contributed by atoms with van der Waals surface area (Å²) in [4.78, 5) is 18.8. The van der Waals surface area contributed by atoms with E-state index in [1.165, 1.54) is 6.33 Å². The Labute approximate surface area is 136 Å². The Morgan fingerprint density at radius 1 is 1.35 bits per heavy atom. The van der Waals surface area contributed by atoms with Crippen LogP contribution in [-0.4, -0.2) is 48.4 Å². The molecule has 0 bridgehead atoms. The summed E-state index contributed by atoms with van der Waals surface area (Å²) in [6.07, 6.45) is 5.25. The first kappa shape index (κ1) is 15.7. The van der Waals surface area contributed by atoms with Gasteiger partial charge in [0.05, 0.1) is 11.7 Å². The molecule has 7 heteroatoms. The van der Waals surface area contributed by atoms with Crippen molar-refractivity contribution >= 4 is 5.91 Å². The third-order valence-corrected chi connectivity index (χ3v) is 4.36. The van der Waals surface area contributed by atoms with E-state index in [2.05, 4.69) is 36.0 Å². The highest BCUT2D eigenvalue weighted by Crippen LogP contribution is 2.24. The molecule has 1 amide bonds. The van der Waals surface area contributed by atoms with E-state index in [1.54, 1.807) is 11.0 Å². The number of hydrogen-bond donors (Lipinski definition) is 0. The van der Waals surface area contributed by atoms with Crippen molar-refractivity contribution in [1.29, 1.82) is 0 Å². The smallest absolute Gasteiger partial charge is 0.272 e. The number of nitrogens with zero attached hydrogens (tertiary/aromatic N) is 6. The van der Waals surface area contributed by atoms with Crippen LogP contribution in [0.25, 0.3) is 0 Å². The first-order valence-electron chi connectivity index (χ1n) is 8.04. The minimum atomic E-state index is -0.0680. The molecule has 0 aliphatic carbocycles. The SMILES string of the molecule is Cn1nc(C(C)(C)C)cc1C(=O)N1CCCC(n2cncn2)C1. The molecule has 1 fully saturated rings. The number of aryl methyl sites for hydroxylation is 1. The first-order valence-corrected chi connectivity index (χ1v) is 8.04. The van der Waals surface area contributed by atoms with Crippen LogP contribution >= 0.6 is 0 Å². The Hall–Kier alpha value is -2.18. The lowest BCUT2D eigenvalue weighted by molar-refractivity contribution is 0.0661. The van der Waals surface area contributed by atoms with E-state index in [4.69, 9.17) is 0 Å². The molecule has 1 saturated heterocycles. The van der Waals surface area contributed by atoms with Crippen LogP contribution in [-0.2, 0) is 12.5 Å². The van der Waals surface area contributed by atoms with Crippen molar-refractivity contribution in [2.24, 2.45) is 7.05 Å². The normalized spacial score (nSPS) is 19.1. The predicted molar refractivity (Wildman–Crippen MR) is 86.1 cm³/mol. The highest BCUT2D eigenvalue weighted by Gasteiger charge is 2.29. The number of rotatable bonds is 2. The topological polar surface area (TPSA) is 68.8 Å². The number of amides is 1. The van der Waals surface area contributed by atoms with Gasteiger partial charge < -0.3 is 4.90 Å². The molecule has 3 rings (SSSR count). The van der Waals surface area contributed by atoms with Crippen molar-refractivity contribution in [2.75, 3.05) is 13.1 Å². The second kappa shape index (κ2) is 5.79. The molecular formula is C16H24N6O. The minimum Gasteiger partial charge on any atom is -0.335 e. The molecule has 23 heavy (non-hydrogen) atoms. The van der Waals surface area contributed by atoms with E-state index in [9.17, 15) is 4.79 Å². The zero-order valence-corrected chi connectivity index (χ0v) is 14.2. The van der Waals surface area contributed by atoms with Crippen LogP contribution in [0.15, 0.2) is 18.7 Å². The van der Waals surface area contributed by atoms with Gasteiger partial charge in [-0.3, -0.25) is 9.48 Å². The Morgan fingerprint density at radius 3 is 2.74 bits per heavy atom. The van der Waals surface area contributed by atoms with Crippen LogP contribution in [0.3, 0.4) is 0 Å². The van der Waals surface area contributed by atoms with E-state index in [-0.39, 0.29) is 17.4 Å². The number of carbonyl (C=O) groups excluding carboxylic acids is 1. The van der Waals surface area contributed by atoms with Crippen molar-refractivity contribution < 1.29 is 4.79 Å². The average molecular weight is 316 g/mol. The third kappa shape index (κ3) is 3.13. The Morgan fingerprint density at radius 2 is 2.13 bits per heavy atom. The maximum Gasteiger partial charge on any atom is 0.272 e. The standard InChI is InChI=1S/C16H24N6O/c1-16(2,3)14-8-13(20(4)19-14)15(23)21-7-5-6-12(9-21)22-11-17-10-18-22/h8,10-12H,5-7,9H2,1-4H3. The Kier molecular flexibility index (Phi) is 3.95. The molecule has 2 aromatic rings. The van der Waals surface area contributed by atoms with Crippen LogP contribution in [0.1, 0.15) is 55.8 Å². The van der Waals surface area contributed by atoms with Crippen LogP contribution < -0.4 is 0 Å². The molecule has 124 valence electrons. The summed E-state index contributed by atoms with van der Waals surface area (Å²) in [7, 11) is 1.83. The van der Waals surface area contributed by atoms with Crippen molar-refractivity contribution in [3.05, 3.63) is 30.1 Å². The molecule has 1 aliphatic rings. The number of piperidine rings is 1. The minimum absolute atomic E-state index is 0.0420. The van der Waals surface area contributed by atoms with Gasteiger partial charge in [0.2, 0.25) is 0 Å². The van der Waals surface area contributed by atoms with Gasteiger partial charge in [0.25, 0.3) is 5.91 Å². The summed E-state index contributed by atoms with van der Waals surface area (Å²) in [6.45, 7) is 7.75. The molecule has 1 aliphatic heterocycles. The average Bonchev–Trinajstić information content (AvgIpc) is 3.15. The summed E-state index contributed by atoms with van der Waals surface area (Å²) in [5, 5.41) is 8.72. The summed E-state index contributed by atoms with van der Waals surface area (Å²) < 4.78 is 3.55. The van der Waals surface area contributed by atoms with Crippen LogP contribution in [0.4, 0.5) is 0 Å². The zero-order valence-electron chi connectivity index (χ0n) is 14.2. The molecular weight excluding hydrogens is 292 g/mol. The van der Waals surface area contributed by atoms with Gasteiger partial charge in [0.15, 0.2) is 0 Å². The quantitative estimate of drug-likeness (QED) is 0.847. The molecule has 0 aromatic carbocycles. The van der Waals surface area contributed by atoms with E-state index in [0.29, 0.717) is 12.2 Å². The number of hydrogen-bond acceptors (Lipinski definition) is 4. The van der Waals surface area contributed by atoms with Crippen LogP contribution in [0.5, 0.6) is 0 Å². The van der Waals surface area contributed by atoms with Gasteiger partial charge in [0.1, 0.15) is 18.3 Å².